The average molecular weight is 375 g/mol. The lowest BCUT2D eigenvalue weighted by atomic mass is 10.1. The molecule has 0 bridgehead atoms. The Morgan fingerprint density at radius 3 is 2.48 bits per heavy atom. The highest BCUT2D eigenvalue weighted by Gasteiger charge is 2.14. The van der Waals surface area contributed by atoms with E-state index in [4.69, 9.17) is 4.42 Å². The topological polar surface area (TPSA) is 51.5 Å². The molecule has 4 nitrogen and oxygen atoms in total. The van der Waals surface area contributed by atoms with Gasteiger partial charge in [0.1, 0.15) is 17.3 Å². The Bertz CT molecular complexity index is 907. The first-order chi connectivity index (χ1) is 13.0. The molecule has 0 aliphatic carbocycles. The van der Waals surface area contributed by atoms with Gasteiger partial charge >= 0.3 is 6.61 Å². The van der Waals surface area contributed by atoms with Gasteiger partial charge in [-0.15, -0.1) is 0 Å². The summed E-state index contributed by atoms with van der Waals surface area (Å²) in [6.07, 6.45) is 0.502. The summed E-state index contributed by atoms with van der Waals surface area (Å²) in [5, 5.41) is 2.70. The summed E-state index contributed by atoms with van der Waals surface area (Å²) in [5.41, 5.74) is 1.13. The minimum Gasteiger partial charge on any atom is -0.451 e. The minimum absolute atomic E-state index is 0.0777. The van der Waals surface area contributed by atoms with Crippen LogP contribution in [0.3, 0.4) is 0 Å². The molecule has 1 heterocycles. The summed E-state index contributed by atoms with van der Waals surface area (Å²) in [7, 11) is 0. The van der Waals surface area contributed by atoms with Gasteiger partial charge in [-0.2, -0.15) is 8.78 Å². The van der Waals surface area contributed by atoms with Gasteiger partial charge in [-0.25, -0.2) is 4.39 Å². The largest absolute Gasteiger partial charge is 0.451 e. The summed E-state index contributed by atoms with van der Waals surface area (Å²) >= 11 is 0. The average Bonchev–Trinajstić information content (AvgIpc) is 3.13. The van der Waals surface area contributed by atoms with Crippen LogP contribution in [0.25, 0.3) is 11.3 Å². The summed E-state index contributed by atoms with van der Waals surface area (Å²) < 4.78 is 47.7. The van der Waals surface area contributed by atoms with E-state index in [1.165, 1.54) is 30.3 Å². The highest BCUT2D eigenvalue weighted by molar-refractivity contribution is 5.92. The molecule has 140 valence electrons. The Hall–Kier alpha value is -3.22. The van der Waals surface area contributed by atoms with E-state index in [-0.39, 0.29) is 22.8 Å². The fraction of sp³-hybridized carbons (Fsp3) is 0.150. The monoisotopic (exact) mass is 375 g/mol. The van der Waals surface area contributed by atoms with E-state index in [1.54, 1.807) is 30.3 Å². The Morgan fingerprint density at radius 2 is 1.78 bits per heavy atom. The number of hydrogen-bond donors (Lipinski definition) is 1. The third kappa shape index (κ3) is 4.91. The molecule has 0 aliphatic rings. The maximum Gasteiger partial charge on any atom is 0.387 e. The number of amides is 1. The molecule has 0 unspecified atom stereocenters. The number of nitrogens with one attached hydrogen (secondary N) is 1. The molecule has 0 radical (unpaired) electrons. The second kappa shape index (κ2) is 8.44. The van der Waals surface area contributed by atoms with Gasteiger partial charge in [-0.05, 0) is 48.4 Å². The molecule has 0 spiro atoms. The maximum absolute atomic E-state index is 13.8. The number of benzene rings is 2. The molecule has 1 amide bonds. The lowest BCUT2D eigenvalue weighted by molar-refractivity contribution is -0.0498. The van der Waals surface area contributed by atoms with E-state index < -0.39 is 18.3 Å². The number of ether oxygens (including phenoxy) is 1. The lowest BCUT2D eigenvalue weighted by Crippen LogP contribution is -2.25. The van der Waals surface area contributed by atoms with E-state index in [1.807, 2.05) is 0 Å². The second-order valence-corrected chi connectivity index (χ2v) is 5.67. The van der Waals surface area contributed by atoms with Crippen molar-refractivity contribution in [2.24, 2.45) is 0 Å². The zero-order valence-corrected chi connectivity index (χ0v) is 14.1. The number of hydrogen-bond acceptors (Lipinski definition) is 3. The van der Waals surface area contributed by atoms with E-state index in [0.29, 0.717) is 13.0 Å². The standard InChI is InChI=1S/C20H16F3NO3/c21-16-4-2-1-3-15(16)17-9-10-18(27-17)19(25)24-12-11-13-5-7-14(8-6-13)26-20(22)23/h1-10,20H,11-12H2,(H,24,25). The Kier molecular flexibility index (Phi) is 5.80. The second-order valence-electron chi connectivity index (χ2n) is 5.67. The Morgan fingerprint density at radius 1 is 1.04 bits per heavy atom. The van der Waals surface area contributed by atoms with Crippen LogP contribution in [0.15, 0.2) is 65.1 Å². The van der Waals surface area contributed by atoms with Gasteiger partial charge in [-0.1, -0.05) is 24.3 Å². The van der Waals surface area contributed by atoms with Crippen molar-refractivity contribution >= 4 is 5.91 Å². The maximum atomic E-state index is 13.8. The molecule has 0 fully saturated rings. The van der Waals surface area contributed by atoms with Crippen LogP contribution in [0.5, 0.6) is 5.75 Å². The van der Waals surface area contributed by atoms with E-state index in [0.717, 1.165) is 5.56 Å². The fourth-order valence-corrected chi connectivity index (χ4v) is 2.51. The summed E-state index contributed by atoms with van der Waals surface area (Å²) in [6, 6.07) is 15.3. The van der Waals surface area contributed by atoms with Crippen molar-refractivity contribution in [2.75, 3.05) is 6.54 Å². The zero-order chi connectivity index (χ0) is 19.2. The van der Waals surface area contributed by atoms with Crippen LogP contribution >= 0.6 is 0 Å². The first kappa shape index (κ1) is 18.6. The van der Waals surface area contributed by atoms with Crippen LogP contribution in [0, 0.1) is 5.82 Å². The van der Waals surface area contributed by atoms with Gasteiger partial charge < -0.3 is 14.5 Å². The van der Waals surface area contributed by atoms with Crippen molar-refractivity contribution in [1.82, 2.24) is 5.32 Å². The summed E-state index contributed by atoms with van der Waals surface area (Å²) in [4.78, 5) is 12.1. The van der Waals surface area contributed by atoms with E-state index in [2.05, 4.69) is 10.1 Å². The van der Waals surface area contributed by atoms with Gasteiger partial charge in [0.25, 0.3) is 5.91 Å². The van der Waals surface area contributed by atoms with Crippen LogP contribution < -0.4 is 10.1 Å². The minimum atomic E-state index is -2.86. The van der Waals surface area contributed by atoms with Crippen molar-refractivity contribution in [1.29, 1.82) is 0 Å². The molecule has 7 heteroatoms. The van der Waals surface area contributed by atoms with Gasteiger partial charge in [-0.3, -0.25) is 4.79 Å². The first-order valence-corrected chi connectivity index (χ1v) is 8.19. The predicted molar refractivity (Wildman–Crippen MR) is 93.2 cm³/mol. The number of rotatable bonds is 7. The Balaban J connectivity index is 1.53. The molecular formula is C20H16F3NO3. The highest BCUT2D eigenvalue weighted by atomic mass is 19.3. The van der Waals surface area contributed by atoms with Gasteiger partial charge in [0, 0.05) is 6.54 Å². The SMILES string of the molecule is O=C(NCCc1ccc(OC(F)F)cc1)c1ccc(-c2ccccc2F)o1. The van der Waals surface area contributed by atoms with Crippen LogP contribution in [0.2, 0.25) is 0 Å². The van der Waals surface area contributed by atoms with Crippen molar-refractivity contribution < 1.29 is 27.1 Å². The smallest absolute Gasteiger partial charge is 0.387 e. The van der Waals surface area contributed by atoms with Gasteiger partial charge in [0.2, 0.25) is 0 Å². The molecule has 1 aromatic heterocycles. The van der Waals surface area contributed by atoms with Crippen molar-refractivity contribution in [3.63, 3.8) is 0 Å². The quantitative estimate of drug-likeness (QED) is 0.654. The molecule has 0 aliphatic heterocycles. The first-order valence-electron chi connectivity index (χ1n) is 8.19. The Labute approximate surface area is 153 Å². The number of furan rings is 1. The number of halogens is 3. The third-order valence-corrected chi connectivity index (χ3v) is 3.82. The van der Waals surface area contributed by atoms with Gasteiger partial charge in [0.15, 0.2) is 5.76 Å². The molecule has 3 aromatic rings. The molecule has 0 atom stereocenters. The van der Waals surface area contributed by atoms with Crippen molar-refractivity contribution in [3.8, 4) is 17.1 Å². The van der Waals surface area contributed by atoms with Crippen molar-refractivity contribution in [3.05, 3.63) is 77.8 Å². The molecular weight excluding hydrogens is 359 g/mol. The number of carbonyl (C=O) groups is 1. The van der Waals surface area contributed by atoms with E-state index >= 15 is 0 Å². The van der Waals surface area contributed by atoms with Crippen LogP contribution in [-0.4, -0.2) is 19.1 Å². The van der Waals surface area contributed by atoms with Crippen LogP contribution in [0.1, 0.15) is 16.1 Å². The van der Waals surface area contributed by atoms with Crippen LogP contribution in [-0.2, 0) is 6.42 Å². The predicted octanol–water partition coefficient (Wildman–Crippen LogP) is 4.66. The lowest BCUT2D eigenvalue weighted by Gasteiger charge is -2.06. The fourth-order valence-electron chi connectivity index (χ4n) is 2.51. The number of alkyl halides is 2. The normalized spacial score (nSPS) is 10.8. The summed E-state index contributed by atoms with van der Waals surface area (Å²) in [5.74, 6) is -0.427. The molecule has 1 N–H and O–H groups in total. The highest BCUT2D eigenvalue weighted by Crippen LogP contribution is 2.24. The molecule has 27 heavy (non-hydrogen) atoms. The van der Waals surface area contributed by atoms with Crippen molar-refractivity contribution in [2.45, 2.75) is 13.0 Å². The molecule has 2 aromatic carbocycles. The number of carbonyl (C=O) groups excluding carboxylic acids is 1. The zero-order valence-electron chi connectivity index (χ0n) is 14.1. The summed E-state index contributed by atoms with van der Waals surface area (Å²) in [6.45, 7) is -2.54. The molecule has 0 saturated heterocycles. The molecule has 0 saturated carbocycles. The molecule has 3 rings (SSSR count). The van der Waals surface area contributed by atoms with E-state index in [9.17, 15) is 18.0 Å². The third-order valence-electron chi connectivity index (χ3n) is 3.82. The van der Waals surface area contributed by atoms with Crippen LogP contribution in [0.4, 0.5) is 13.2 Å². The van der Waals surface area contributed by atoms with Gasteiger partial charge in [0.05, 0.1) is 5.56 Å².